The Morgan fingerprint density at radius 2 is 1.96 bits per heavy atom. The Balaban J connectivity index is 1.22. The minimum Gasteiger partial charge on any atom is -0.353 e. The van der Waals surface area contributed by atoms with Crippen LogP contribution in [0.25, 0.3) is 10.2 Å². The van der Waals surface area contributed by atoms with Crippen molar-refractivity contribution < 1.29 is 9.59 Å². The number of carbonyl (C=O) groups is 2. The topological polar surface area (TPSA) is 62.3 Å². The molecule has 0 radical (unpaired) electrons. The summed E-state index contributed by atoms with van der Waals surface area (Å²) in [6.45, 7) is 1.54. The quantitative estimate of drug-likeness (QED) is 0.816. The number of carbonyl (C=O) groups excluding carboxylic acids is 2. The molecule has 5 nitrogen and oxygen atoms in total. The van der Waals surface area contributed by atoms with Crippen LogP contribution in [0.1, 0.15) is 25.7 Å². The Labute approximate surface area is 155 Å². The Bertz CT molecular complexity index is 746. The molecule has 1 saturated carbocycles. The fourth-order valence-corrected chi connectivity index (χ4v) is 5.02. The molecule has 2 aromatic rings. The second-order valence-electron chi connectivity index (χ2n) is 6.68. The van der Waals surface area contributed by atoms with Gasteiger partial charge in [-0.25, -0.2) is 4.98 Å². The van der Waals surface area contributed by atoms with Crippen molar-refractivity contribution in [3.8, 4) is 0 Å². The predicted octanol–water partition coefficient (Wildman–Crippen LogP) is 2.91. The highest BCUT2D eigenvalue weighted by atomic mass is 32.2. The first-order valence-electron chi connectivity index (χ1n) is 8.75. The minimum atomic E-state index is 0.0521. The second kappa shape index (κ2) is 7.33. The van der Waals surface area contributed by atoms with Crippen LogP contribution >= 0.6 is 23.1 Å². The molecule has 1 aliphatic carbocycles. The van der Waals surface area contributed by atoms with Gasteiger partial charge in [-0.2, -0.15) is 0 Å². The predicted molar refractivity (Wildman–Crippen MR) is 101 cm³/mol. The number of fused-ring (bicyclic) bond motifs is 1. The first-order valence-corrected chi connectivity index (χ1v) is 10.6. The zero-order chi connectivity index (χ0) is 17.2. The van der Waals surface area contributed by atoms with Crippen LogP contribution in [0.3, 0.4) is 0 Å². The number of nitrogens with one attached hydrogen (secondary N) is 1. The number of benzene rings is 1. The van der Waals surface area contributed by atoms with E-state index in [0.717, 1.165) is 53.3 Å². The molecule has 1 N–H and O–H groups in total. The molecule has 1 saturated heterocycles. The standard InChI is InChI=1S/C18H21N3O2S2/c22-16(11-24-18-20-14-3-1-2-4-15(14)25-18)19-13-7-9-21(10-8-13)17(23)12-5-6-12/h1-4,12-13H,5-11H2,(H,19,22). The van der Waals surface area contributed by atoms with E-state index in [4.69, 9.17) is 0 Å². The van der Waals surface area contributed by atoms with Crippen molar-refractivity contribution in [3.05, 3.63) is 24.3 Å². The highest BCUT2D eigenvalue weighted by Gasteiger charge is 2.35. The summed E-state index contributed by atoms with van der Waals surface area (Å²) in [5, 5.41) is 3.11. The molecular formula is C18H21N3O2S2. The van der Waals surface area contributed by atoms with Crippen molar-refractivity contribution in [2.75, 3.05) is 18.8 Å². The lowest BCUT2D eigenvalue weighted by Gasteiger charge is -2.32. The number of likely N-dealkylation sites (tertiary alicyclic amines) is 1. The summed E-state index contributed by atoms with van der Waals surface area (Å²) in [6, 6.07) is 8.21. The van der Waals surface area contributed by atoms with Gasteiger partial charge in [0.15, 0.2) is 4.34 Å². The number of hydrogen-bond donors (Lipinski definition) is 1. The zero-order valence-corrected chi connectivity index (χ0v) is 15.6. The summed E-state index contributed by atoms with van der Waals surface area (Å²) < 4.78 is 2.08. The van der Waals surface area contributed by atoms with E-state index < -0.39 is 0 Å². The lowest BCUT2D eigenvalue weighted by molar-refractivity contribution is -0.133. The number of nitrogens with zero attached hydrogens (tertiary/aromatic N) is 2. The SMILES string of the molecule is O=C(CSc1nc2ccccc2s1)NC1CCN(C(=O)C2CC2)CC1. The van der Waals surface area contributed by atoms with Crippen molar-refractivity contribution >= 4 is 45.1 Å². The molecule has 7 heteroatoms. The molecule has 0 unspecified atom stereocenters. The van der Waals surface area contributed by atoms with Gasteiger partial charge < -0.3 is 10.2 Å². The summed E-state index contributed by atoms with van der Waals surface area (Å²) in [6.07, 6.45) is 3.82. The molecule has 2 amide bonds. The van der Waals surface area contributed by atoms with Crippen LogP contribution in [0.2, 0.25) is 0 Å². The molecule has 2 heterocycles. The Morgan fingerprint density at radius 1 is 1.20 bits per heavy atom. The molecule has 2 aliphatic rings. The van der Waals surface area contributed by atoms with Gasteiger partial charge in [0.25, 0.3) is 0 Å². The summed E-state index contributed by atoms with van der Waals surface area (Å²) in [5.74, 6) is 1.05. The monoisotopic (exact) mass is 375 g/mol. The maximum Gasteiger partial charge on any atom is 0.230 e. The van der Waals surface area contributed by atoms with Gasteiger partial charge >= 0.3 is 0 Å². The smallest absolute Gasteiger partial charge is 0.230 e. The highest BCUT2D eigenvalue weighted by Crippen LogP contribution is 2.32. The minimum absolute atomic E-state index is 0.0521. The summed E-state index contributed by atoms with van der Waals surface area (Å²) >= 11 is 3.12. The van der Waals surface area contributed by atoms with E-state index >= 15 is 0 Å². The van der Waals surface area contributed by atoms with Crippen LogP contribution in [0, 0.1) is 5.92 Å². The van der Waals surface area contributed by atoms with E-state index in [1.54, 1.807) is 11.3 Å². The van der Waals surface area contributed by atoms with Crippen LogP contribution in [-0.4, -0.2) is 46.6 Å². The fourth-order valence-electron chi connectivity index (χ4n) is 3.14. The zero-order valence-electron chi connectivity index (χ0n) is 13.9. The van der Waals surface area contributed by atoms with Crippen LogP contribution in [-0.2, 0) is 9.59 Å². The van der Waals surface area contributed by atoms with Gasteiger partial charge in [-0.1, -0.05) is 23.9 Å². The third-order valence-corrected chi connectivity index (χ3v) is 6.88. The molecule has 0 bridgehead atoms. The molecule has 25 heavy (non-hydrogen) atoms. The molecule has 1 aromatic carbocycles. The highest BCUT2D eigenvalue weighted by molar-refractivity contribution is 8.01. The number of para-hydroxylation sites is 1. The Kier molecular flexibility index (Phi) is 4.94. The normalized spacial score (nSPS) is 18.5. The first-order chi connectivity index (χ1) is 12.2. The maximum absolute atomic E-state index is 12.2. The average Bonchev–Trinajstić information content (AvgIpc) is 3.39. The molecule has 0 spiro atoms. The number of aromatic nitrogens is 1. The number of hydrogen-bond acceptors (Lipinski definition) is 5. The van der Waals surface area contributed by atoms with E-state index in [9.17, 15) is 9.59 Å². The van der Waals surface area contributed by atoms with Crippen LogP contribution in [0.15, 0.2) is 28.6 Å². The van der Waals surface area contributed by atoms with E-state index in [1.165, 1.54) is 11.8 Å². The number of thiazole rings is 1. The fraction of sp³-hybridized carbons (Fsp3) is 0.500. The second-order valence-corrected chi connectivity index (χ2v) is 8.93. The van der Waals surface area contributed by atoms with E-state index in [-0.39, 0.29) is 17.9 Å². The number of amides is 2. The van der Waals surface area contributed by atoms with Gasteiger partial charge in [-0.3, -0.25) is 9.59 Å². The van der Waals surface area contributed by atoms with Gasteiger partial charge in [0, 0.05) is 25.0 Å². The van der Waals surface area contributed by atoms with E-state index in [0.29, 0.717) is 11.7 Å². The van der Waals surface area contributed by atoms with Gasteiger partial charge in [-0.05, 0) is 37.8 Å². The van der Waals surface area contributed by atoms with Crippen molar-refractivity contribution in [1.82, 2.24) is 15.2 Å². The lowest BCUT2D eigenvalue weighted by Crippen LogP contribution is -2.47. The molecule has 2 fully saturated rings. The van der Waals surface area contributed by atoms with Gasteiger partial charge in [0.2, 0.25) is 11.8 Å². The van der Waals surface area contributed by atoms with Crippen LogP contribution in [0.4, 0.5) is 0 Å². The average molecular weight is 376 g/mol. The molecule has 1 aliphatic heterocycles. The van der Waals surface area contributed by atoms with Gasteiger partial charge in [0.1, 0.15) is 0 Å². The van der Waals surface area contributed by atoms with Crippen molar-refractivity contribution in [2.24, 2.45) is 5.92 Å². The van der Waals surface area contributed by atoms with Crippen LogP contribution < -0.4 is 5.32 Å². The van der Waals surface area contributed by atoms with Crippen LogP contribution in [0.5, 0.6) is 0 Å². The summed E-state index contributed by atoms with van der Waals surface area (Å²) in [5.41, 5.74) is 0.989. The molecule has 1 aromatic heterocycles. The summed E-state index contributed by atoms with van der Waals surface area (Å²) in [4.78, 5) is 30.8. The number of piperidine rings is 1. The van der Waals surface area contributed by atoms with Crippen molar-refractivity contribution in [2.45, 2.75) is 36.1 Å². The Hall–Kier alpha value is -1.60. The number of thioether (sulfide) groups is 1. The van der Waals surface area contributed by atoms with Crippen molar-refractivity contribution in [1.29, 1.82) is 0 Å². The summed E-state index contributed by atoms with van der Waals surface area (Å²) in [7, 11) is 0. The molecular weight excluding hydrogens is 354 g/mol. The van der Waals surface area contributed by atoms with Crippen molar-refractivity contribution in [3.63, 3.8) is 0 Å². The van der Waals surface area contributed by atoms with Gasteiger partial charge in [-0.15, -0.1) is 11.3 Å². The maximum atomic E-state index is 12.2. The third-order valence-electron chi connectivity index (χ3n) is 4.70. The molecule has 132 valence electrons. The molecule has 0 atom stereocenters. The number of rotatable bonds is 5. The molecule has 4 rings (SSSR count). The third kappa shape index (κ3) is 4.15. The lowest BCUT2D eigenvalue weighted by atomic mass is 10.0. The first kappa shape index (κ1) is 16.8. The van der Waals surface area contributed by atoms with Gasteiger partial charge in [0.05, 0.1) is 16.0 Å². The largest absolute Gasteiger partial charge is 0.353 e. The Morgan fingerprint density at radius 3 is 2.68 bits per heavy atom. The van der Waals surface area contributed by atoms with E-state index in [2.05, 4.69) is 10.3 Å². The van der Waals surface area contributed by atoms with E-state index in [1.807, 2.05) is 29.2 Å².